The van der Waals surface area contributed by atoms with Gasteiger partial charge in [0.05, 0.1) is 24.2 Å². The number of nitrogens with one attached hydrogen (secondary N) is 3. The number of sulfonamides is 1. The number of carbonyl (C=O) groups excluding carboxylic acids is 1. The number of unbranched alkanes of at least 4 members (excludes halogenated alkanes) is 2. The molecule has 10 heteroatoms. The average Bonchev–Trinajstić information content (AvgIpc) is 3.14. The van der Waals surface area contributed by atoms with E-state index in [4.69, 9.17) is 4.74 Å². The van der Waals surface area contributed by atoms with E-state index in [2.05, 4.69) is 27.3 Å². The van der Waals surface area contributed by atoms with E-state index in [0.29, 0.717) is 37.6 Å². The number of para-hydroxylation sites is 2. The Hall–Kier alpha value is -3.53. The van der Waals surface area contributed by atoms with Crippen molar-refractivity contribution in [2.45, 2.75) is 46.1 Å². The first-order valence-corrected chi connectivity index (χ1v) is 14.0. The third-order valence-corrected chi connectivity index (χ3v) is 6.08. The molecule has 0 radical (unpaired) electrons. The molecule has 0 unspecified atom stereocenters. The van der Waals surface area contributed by atoms with Gasteiger partial charge in [0.2, 0.25) is 16.0 Å². The fourth-order valence-corrected chi connectivity index (χ4v) is 4.25. The van der Waals surface area contributed by atoms with Crippen molar-refractivity contribution in [1.82, 2.24) is 14.9 Å². The van der Waals surface area contributed by atoms with Crippen molar-refractivity contribution in [3.63, 3.8) is 0 Å². The summed E-state index contributed by atoms with van der Waals surface area (Å²) in [7, 11) is -3.50. The van der Waals surface area contributed by atoms with E-state index in [0.717, 1.165) is 42.5 Å². The van der Waals surface area contributed by atoms with Gasteiger partial charge in [-0.05, 0) is 31.9 Å². The fraction of sp³-hybridized carbons (Fsp3) is 0.385. The van der Waals surface area contributed by atoms with E-state index in [1.54, 1.807) is 12.1 Å². The van der Waals surface area contributed by atoms with Crippen LogP contribution in [0.2, 0.25) is 0 Å². The molecule has 0 bridgehead atoms. The van der Waals surface area contributed by atoms with Crippen molar-refractivity contribution < 1.29 is 17.9 Å². The lowest BCUT2D eigenvalue weighted by Gasteiger charge is -2.14. The second-order valence-electron chi connectivity index (χ2n) is 8.55. The molecule has 0 aliphatic rings. The number of anilines is 2. The Morgan fingerprint density at radius 2 is 1.75 bits per heavy atom. The van der Waals surface area contributed by atoms with Crippen LogP contribution in [0.4, 0.5) is 16.4 Å². The van der Waals surface area contributed by atoms with Gasteiger partial charge in [-0.3, -0.25) is 4.72 Å². The number of amides is 2. The largest absolute Gasteiger partial charge is 0.491 e. The number of aromatic nitrogens is 2. The maximum absolute atomic E-state index is 12.2. The maximum atomic E-state index is 12.2. The van der Waals surface area contributed by atoms with Crippen LogP contribution in [0.15, 0.2) is 54.6 Å². The van der Waals surface area contributed by atoms with E-state index in [1.165, 1.54) is 0 Å². The number of imidazole rings is 1. The molecule has 194 valence electrons. The monoisotopic (exact) mass is 513 g/mol. The highest BCUT2D eigenvalue weighted by Crippen LogP contribution is 2.27. The first-order chi connectivity index (χ1) is 17.3. The van der Waals surface area contributed by atoms with Crippen molar-refractivity contribution in [2.75, 3.05) is 29.4 Å². The highest BCUT2D eigenvalue weighted by Gasteiger charge is 2.18. The van der Waals surface area contributed by atoms with E-state index >= 15 is 0 Å². The molecule has 3 rings (SSSR count). The van der Waals surface area contributed by atoms with Gasteiger partial charge in [0.1, 0.15) is 5.75 Å². The van der Waals surface area contributed by atoms with Crippen molar-refractivity contribution in [3.8, 4) is 17.0 Å². The maximum Gasteiger partial charge on any atom is 0.319 e. The molecule has 0 saturated carbocycles. The minimum atomic E-state index is -3.50. The first-order valence-electron chi connectivity index (χ1n) is 12.2. The summed E-state index contributed by atoms with van der Waals surface area (Å²) in [6, 6.07) is 16.7. The molecule has 0 fully saturated rings. The van der Waals surface area contributed by atoms with E-state index in [-0.39, 0.29) is 12.0 Å². The molecule has 0 spiro atoms. The fourth-order valence-electron chi connectivity index (χ4n) is 3.76. The number of nitrogens with zero attached hydrogens (tertiary/aromatic N) is 2. The van der Waals surface area contributed by atoms with Crippen LogP contribution in [0.5, 0.6) is 5.75 Å². The highest BCUT2D eigenvalue weighted by molar-refractivity contribution is 7.92. The van der Waals surface area contributed by atoms with Crippen molar-refractivity contribution in [1.29, 1.82) is 0 Å². The second-order valence-corrected chi connectivity index (χ2v) is 10.3. The standard InChI is InChI=1S/C26H35N5O4S/c1-4-5-11-17-27-26(32)28-22-15-9-10-16-23(22)35-19-12-18-31-20(2)24(21-13-7-6-8-14-21)29-25(31)30-36(3,33)34/h6-10,13-16H,4-5,11-12,17-19H2,1-3H3,(H,29,30)(H2,27,28,32). The SMILES string of the molecule is CCCCCNC(=O)Nc1ccccc1OCCCn1c(NS(C)(=O)=O)nc(-c2ccccc2)c1C. The summed E-state index contributed by atoms with van der Waals surface area (Å²) < 4.78 is 34.2. The van der Waals surface area contributed by atoms with Crippen LogP contribution in [0.1, 0.15) is 38.3 Å². The zero-order valence-electron chi connectivity index (χ0n) is 21.1. The molecule has 1 heterocycles. The van der Waals surface area contributed by atoms with Gasteiger partial charge in [0.25, 0.3) is 0 Å². The molecule has 3 N–H and O–H groups in total. The molecule has 2 aromatic carbocycles. The Bertz CT molecular complexity index is 1240. The number of ether oxygens (including phenoxy) is 1. The molecule has 3 aromatic rings. The van der Waals surface area contributed by atoms with Crippen LogP contribution in [0.25, 0.3) is 11.3 Å². The third-order valence-electron chi connectivity index (χ3n) is 5.53. The van der Waals surface area contributed by atoms with E-state index in [1.807, 2.05) is 54.0 Å². The smallest absolute Gasteiger partial charge is 0.319 e. The summed E-state index contributed by atoms with van der Waals surface area (Å²) in [5.41, 5.74) is 3.08. The summed E-state index contributed by atoms with van der Waals surface area (Å²) >= 11 is 0. The Balaban J connectivity index is 1.64. The summed E-state index contributed by atoms with van der Waals surface area (Å²) in [4.78, 5) is 16.8. The summed E-state index contributed by atoms with van der Waals surface area (Å²) in [6.45, 7) is 5.53. The predicted molar refractivity (Wildman–Crippen MR) is 144 cm³/mol. The third kappa shape index (κ3) is 8.01. The minimum Gasteiger partial charge on any atom is -0.491 e. The van der Waals surface area contributed by atoms with Crippen molar-refractivity contribution in [2.24, 2.45) is 0 Å². The minimum absolute atomic E-state index is 0.263. The van der Waals surface area contributed by atoms with Gasteiger partial charge in [0, 0.05) is 24.3 Å². The molecule has 36 heavy (non-hydrogen) atoms. The molecule has 0 saturated heterocycles. The Kier molecular flexibility index (Phi) is 9.75. The lowest BCUT2D eigenvalue weighted by atomic mass is 10.1. The van der Waals surface area contributed by atoms with Crippen molar-refractivity contribution >= 4 is 27.7 Å². The normalized spacial score (nSPS) is 11.2. The van der Waals surface area contributed by atoms with Crippen LogP contribution in [-0.4, -0.2) is 43.4 Å². The first kappa shape index (κ1) is 27.1. The van der Waals surface area contributed by atoms with Crippen LogP contribution in [-0.2, 0) is 16.6 Å². The summed E-state index contributed by atoms with van der Waals surface area (Å²) in [5.74, 6) is 0.846. The Morgan fingerprint density at radius 3 is 2.47 bits per heavy atom. The predicted octanol–water partition coefficient (Wildman–Crippen LogP) is 5.01. The van der Waals surface area contributed by atoms with Gasteiger partial charge < -0.3 is 19.9 Å². The van der Waals surface area contributed by atoms with E-state index < -0.39 is 10.0 Å². The molecule has 9 nitrogen and oxygen atoms in total. The molecule has 1 aromatic heterocycles. The zero-order chi connectivity index (χ0) is 26.0. The average molecular weight is 514 g/mol. The lowest BCUT2D eigenvalue weighted by Crippen LogP contribution is -2.29. The van der Waals surface area contributed by atoms with Crippen LogP contribution in [0.3, 0.4) is 0 Å². The number of urea groups is 1. The van der Waals surface area contributed by atoms with Gasteiger partial charge in [0.15, 0.2) is 0 Å². The summed E-state index contributed by atoms with van der Waals surface area (Å²) in [6.07, 6.45) is 4.82. The molecule has 0 aliphatic carbocycles. The lowest BCUT2D eigenvalue weighted by molar-refractivity contribution is 0.251. The van der Waals surface area contributed by atoms with Gasteiger partial charge in [-0.1, -0.05) is 62.2 Å². The number of hydrogen-bond acceptors (Lipinski definition) is 5. The van der Waals surface area contributed by atoms with E-state index in [9.17, 15) is 13.2 Å². The van der Waals surface area contributed by atoms with Gasteiger partial charge >= 0.3 is 6.03 Å². The van der Waals surface area contributed by atoms with Gasteiger partial charge in [-0.25, -0.2) is 18.2 Å². The number of rotatable bonds is 13. The summed E-state index contributed by atoms with van der Waals surface area (Å²) in [5, 5.41) is 5.70. The molecule has 0 aliphatic heterocycles. The Morgan fingerprint density at radius 1 is 1.03 bits per heavy atom. The number of hydrogen-bond donors (Lipinski definition) is 3. The Labute approximate surface area is 213 Å². The molecular formula is C26H35N5O4S. The van der Waals surface area contributed by atoms with Crippen LogP contribution >= 0.6 is 0 Å². The molecule has 2 amide bonds. The zero-order valence-corrected chi connectivity index (χ0v) is 21.9. The van der Waals surface area contributed by atoms with Crippen molar-refractivity contribution in [3.05, 3.63) is 60.3 Å². The van der Waals surface area contributed by atoms with Crippen LogP contribution in [0, 0.1) is 6.92 Å². The quantitative estimate of drug-likeness (QED) is 0.278. The number of carbonyl (C=O) groups is 1. The highest BCUT2D eigenvalue weighted by atomic mass is 32.2. The number of benzene rings is 2. The van der Waals surface area contributed by atoms with Gasteiger partial charge in [-0.15, -0.1) is 0 Å². The second kappa shape index (κ2) is 13.0. The topological polar surface area (TPSA) is 114 Å². The van der Waals surface area contributed by atoms with Crippen LogP contribution < -0.4 is 20.1 Å². The molecular weight excluding hydrogens is 478 g/mol. The molecule has 0 atom stereocenters. The van der Waals surface area contributed by atoms with Gasteiger partial charge in [-0.2, -0.15) is 0 Å².